The molecule has 1 aromatic carbocycles. The maximum Gasteiger partial charge on any atom is 0.309 e. The third-order valence-electron chi connectivity index (χ3n) is 3.55. The van der Waals surface area contributed by atoms with Gasteiger partial charge in [0.2, 0.25) is 0 Å². The molecule has 0 bridgehead atoms. The highest BCUT2D eigenvalue weighted by molar-refractivity contribution is 14.1. The monoisotopic (exact) mass is 405 g/mol. The van der Waals surface area contributed by atoms with Gasteiger partial charge in [0.25, 0.3) is 0 Å². The minimum atomic E-state index is -1.08. The number of nitrogen functional groups attached to an aromatic ring is 1. The van der Waals surface area contributed by atoms with Crippen LogP contribution in [0.2, 0.25) is 0 Å². The van der Waals surface area contributed by atoms with Crippen molar-refractivity contribution in [3.63, 3.8) is 0 Å². The van der Waals surface area contributed by atoms with Gasteiger partial charge in [0.15, 0.2) is 5.78 Å². The Hall–Kier alpha value is -1.31. The van der Waals surface area contributed by atoms with E-state index in [2.05, 4.69) is 0 Å². The first-order valence-corrected chi connectivity index (χ1v) is 7.81. The van der Waals surface area contributed by atoms with Gasteiger partial charge in [0, 0.05) is 21.7 Å². The van der Waals surface area contributed by atoms with Crippen LogP contribution in [0.1, 0.15) is 44.0 Å². The van der Waals surface area contributed by atoms with Crippen molar-refractivity contribution in [1.29, 1.82) is 0 Å². The summed E-state index contributed by atoms with van der Waals surface area (Å²) in [7, 11) is 0. The molecule has 0 unspecified atom stereocenters. The quantitative estimate of drug-likeness (QED) is 0.413. The zero-order valence-corrected chi connectivity index (χ0v) is 14.6. The van der Waals surface area contributed by atoms with Crippen LogP contribution in [0, 0.1) is 8.99 Å². The molecule has 1 atom stereocenters. The number of hydrogen-bond acceptors (Lipinski definition) is 4. The van der Waals surface area contributed by atoms with Crippen LogP contribution in [0.15, 0.2) is 12.1 Å². The van der Waals surface area contributed by atoms with Crippen molar-refractivity contribution in [3.05, 3.63) is 21.3 Å². The zero-order valence-electron chi connectivity index (χ0n) is 12.4. The van der Waals surface area contributed by atoms with E-state index in [1.807, 2.05) is 29.5 Å². The summed E-state index contributed by atoms with van der Waals surface area (Å²) in [6.07, 6.45) is 0.309. The zero-order chi connectivity index (χ0) is 16.2. The van der Waals surface area contributed by atoms with Gasteiger partial charge in [0.05, 0.1) is 17.6 Å². The number of carbonyl (C=O) groups is 2. The average molecular weight is 405 g/mol. The minimum Gasteiger partial charge on any atom is -0.493 e. The van der Waals surface area contributed by atoms with Crippen molar-refractivity contribution in [2.75, 3.05) is 12.3 Å². The molecule has 0 spiro atoms. The lowest BCUT2D eigenvalue weighted by Crippen LogP contribution is -2.30. The van der Waals surface area contributed by atoms with Gasteiger partial charge < -0.3 is 15.6 Å². The molecule has 1 rings (SSSR count). The van der Waals surface area contributed by atoms with E-state index in [4.69, 9.17) is 10.5 Å². The third-order valence-corrected chi connectivity index (χ3v) is 4.48. The van der Waals surface area contributed by atoms with E-state index in [0.717, 1.165) is 3.57 Å². The number of carboxylic acid groups (broad SMARTS) is 1. The fourth-order valence-electron chi connectivity index (χ4n) is 1.86. The predicted octanol–water partition coefficient (Wildman–Crippen LogP) is 3.35. The molecule has 0 aliphatic rings. The van der Waals surface area contributed by atoms with Crippen molar-refractivity contribution in [3.8, 4) is 5.75 Å². The first kappa shape index (κ1) is 17.7. The molecule has 0 heterocycles. The smallest absolute Gasteiger partial charge is 0.309 e. The third kappa shape index (κ3) is 4.09. The highest BCUT2D eigenvalue weighted by atomic mass is 127. The molecule has 5 nitrogen and oxygen atoms in total. The van der Waals surface area contributed by atoms with Crippen LogP contribution in [0.25, 0.3) is 0 Å². The summed E-state index contributed by atoms with van der Waals surface area (Å²) in [5.41, 5.74) is 5.67. The van der Waals surface area contributed by atoms with Gasteiger partial charge in [0.1, 0.15) is 5.75 Å². The van der Waals surface area contributed by atoms with Crippen molar-refractivity contribution >= 4 is 40.0 Å². The second-order valence-electron chi connectivity index (χ2n) is 5.12. The molecule has 3 N–H and O–H groups in total. The molecule has 0 aromatic heterocycles. The Kier molecular flexibility index (Phi) is 6.00. The Labute approximate surface area is 138 Å². The maximum atomic E-state index is 12.5. The number of Topliss-reactive ketones (excluding diaryl/α,β-unsaturated/α-hetero) is 1. The molecular weight excluding hydrogens is 385 g/mol. The summed E-state index contributed by atoms with van der Waals surface area (Å²) in [4.78, 5) is 23.8. The fourth-order valence-corrected chi connectivity index (χ4v) is 2.33. The molecule has 6 heteroatoms. The van der Waals surface area contributed by atoms with Crippen LogP contribution in [-0.4, -0.2) is 23.5 Å². The summed E-state index contributed by atoms with van der Waals surface area (Å²) < 4.78 is 6.19. The summed E-state index contributed by atoms with van der Waals surface area (Å²) in [5.74, 6) is -0.811. The number of carbonyl (C=O) groups excluding carboxylic acids is 1. The van der Waals surface area contributed by atoms with Gasteiger partial charge in [-0.25, -0.2) is 0 Å². The Morgan fingerprint density at radius 2 is 2.00 bits per heavy atom. The van der Waals surface area contributed by atoms with E-state index in [0.29, 0.717) is 30.0 Å². The lowest BCUT2D eigenvalue weighted by Gasteiger charge is -2.22. The number of rotatable bonds is 7. The lowest BCUT2D eigenvalue weighted by atomic mass is 9.81. The SMILES string of the molecule is CCOc1cc(N)c(I)cc1C(=O)C[C@](C)(CC)C(=O)O. The number of anilines is 1. The Balaban J connectivity index is 3.17. The number of ketones is 1. The molecule has 0 aliphatic heterocycles. The number of aliphatic carboxylic acids is 1. The number of nitrogens with two attached hydrogens (primary N) is 1. The van der Waals surface area contributed by atoms with Gasteiger partial charge in [-0.3, -0.25) is 9.59 Å². The first-order valence-electron chi connectivity index (χ1n) is 6.73. The van der Waals surface area contributed by atoms with Crippen LogP contribution < -0.4 is 10.5 Å². The van der Waals surface area contributed by atoms with Crippen molar-refractivity contribution < 1.29 is 19.4 Å². The minimum absolute atomic E-state index is 0.0705. The van der Waals surface area contributed by atoms with Crippen LogP contribution in [0.3, 0.4) is 0 Å². The Bertz CT molecular complexity index is 559. The molecule has 21 heavy (non-hydrogen) atoms. The topological polar surface area (TPSA) is 89.6 Å². The van der Waals surface area contributed by atoms with E-state index in [1.165, 1.54) is 0 Å². The van der Waals surface area contributed by atoms with Crippen LogP contribution in [-0.2, 0) is 4.79 Å². The molecule has 0 fully saturated rings. The lowest BCUT2D eigenvalue weighted by molar-refractivity contribution is -0.148. The molecule has 0 saturated heterocycles. The summed E-state index contributed by atoms with van der Waals surface area (Å²) in [6, 6.07) is 3.27. The second kappa shape index (κ2) is 7.11. The standard InChI is InChI=1S/C15H20INO4/c1-4-15(3,14(19)20)8-12(18)9-6-10(16)11(17)7-13(9)21-5-2/h6-7H,4-5,8,17H2,1-3H3,(H,19,20)/t15-/m0/s1. The molecule has 116 valence electrons. The molecule has 0 amide bonds. The van der Waals surface area contributed by atoms with E-state index >= 15 is 0 Å². The highest BCUT2D eigenvalue weighted by Crippen LogP contribution is 2.33. The van der Waals surface area contributed by atoms with Crippen molar-refractivity contribution in [2.45, 2.75) is 33.6 Å². The summed E-state index contributed by atoms with van der Waals surface area (Å²) in [6.45, 7) is 5.56. The molecule has 0 radical (unpaired) electrons. The number of carboxylic acids is 1. The van der Waals surface area contributed by atoms with Crippen LogP contribution in [0.4, 0.5) is 5.69 Å². The van der Waals surface area contributed by atoms with Crippen LogP contribution in [0.5, 0.6) is 5.75 Å². The summed E-state index contributed by atoms with van der Waals surface area (Å²) >= 11 is 2.04. The van der Waals surface area contributed by atoms with E-state index in [1.54, 1.807) is 26.0 Å². The Morgan fingerprint density at radius 1 is 1.38 bits per heavy atom. The number of hydrogen-bond donors (Lipinski definition) is 2. The van der Waals surface area contributed by atoms with Gasteiger partial charge in [-0.15, -0.1) is 0 Å². The van der Waals surface area contributed by atoms with Crippen LogP contribution >= 0.6 is 22.6 Å². The number of ether oxygens (including phenoxy) is 1. The van der Waals surface area contributed by atoms with E-state index in [-0.39, 0.29) is 12.2 Å². The van der Waals surface area contributed by atoms with Gasteiger partial charge in [-0.05, 0) is 48.9 Å². The fraction of sp³-hybridized carbons (Fsp3) is 0.467. The first-order chi connectivity index (χ1) is 9.75. The van der Waals surface area contributed by atoms with Crippen molar-refractivity contribution in [2.24, 2.45) is 5.41 Å². The van der Waals surface area contributed by atoms with Gasteiger partial charge in [-0.1, -0.05) is 6.92 Å². The highest BCUT2D eigenvalue weighted by Gasteiger charge is 2.34. The second-order valence-corrected chi connectivity index (χ2v) is 6.28. The molecule has 0 saturated carbocycles. The molecule has 1 aromatic rings. The number of benzene rings is 1. The van der Waals surface area contributed by atoms with Gasteiger partial charge in [-0.2, -0.15) is 0 Å². The van der Waals surface area contributed by atoms with E-state index < -0.39 is 11.4 Å². The Morgan fingerprint density at radius 3 is 2.48 bits per heavy atom. The normalized spacial score (nSPS) is 13.5. The largest absolute Gasteiger partial charge is 0.493 e. The predicted molar refractivity (Wildman–Crippen MR) is 89.7 cm³/mol. The van der Waals surface area contributed by atoms with Gasteiger partial charge >= 0.3 is 5.97 Å². The number of halogens is 1. The van der Waals surface area contributed by atoms with Crippen molar-refractivity contribution in [1.82, 2.24) is 0 Å². The summed E-state index contributed by atoms with van der Waals surface area (Å²) in [5, 5.41) is 9.29. The molecular formula is C15H20INO4. The molecule has 0 aliphatic carbocycles. The maximum absolute atomic E-state index is 12.5. The average Bonchev–Trinajstić information content (AvgIpc) is 2.42. The van der Waals surface area contributed by atoms with E-state index in [9.17, 15) is 14.7 Å².